The Bertz CT molecular complexity index is 402. The predicted molar refractivity (Wildman–Crippen MR) is 68.1 cm³/mol. The Kier molecular flexibility index (Phi) is 3.67. The molecule has 2 aliphatic heterocycles. The molecule has 0 unspecified atom stereocenters. The standard InChI is InChI=1S/C14H19NO3/c1-3-11(9-15-10-12-4-2-6-16-12)14-13(5-1)17-7-8-18-14/h1,3,5,12,15H,2,4,6-10H2/t12-/m0/s1. The van der Waals surface area contributed by atoms with Gasteiger partial charge in [-0.05, 0) is 18.9 Å². The molecule has 2 heterocycles. The highest BCUT2D eigenvalue weighted by Gasteiger charge is 2.17. The van der Waals surface area contributed by atoms with Crippen LogP contribution in [0.4, 0.5) is 0 Å². The number of nitrogens with one attached hydrogen (secondary N) is 1. The molecule has 0 radical (unpaired) electrons. The van der Waals surface area contributed by atoms with Crippen molar-refractivity contribution in [2.24, 2.45) is 0 Å². The second kappa shape index (κ2) is 5.59. The quantitative estimate of drug-likeness (QED) is 0.882. The molecular weight excluding hydrogens is 230 g/mol. The highest BCUT2D eigenvalue weighted by molar-refractivity contribution is 5.47. The lowest BCUT2D eigenvalue weighted by atomic mass is 10.1. The van der Waals surface area contributed by atoms with Crippen molar-refractivity contribution < 1.29 is 14.2 Å². The lowest BCUT2D eigenvalue weighted by molar-refractivity contribution is 0.109. The van der Waals surface area contributed by atoms with E-state index in [-0.39, 0.29) is 0 Å². The van der Waals surface area contributed by atoms with Crippen molar-refractivity contribution in [1.29, 1.82) is 0 Å². The first-order valence-corrected chi connectivity index (χ1v) is 6.63. The van der Waals surface area contributed by atoms with Crippen molar-refractivity contribution in [1.82, 2.24) is 5.32 Å². The highest BCUT2D eigenvalue weighted by Crippen LogP contribution is 2.33. The summed E-state index contributed by atoms with van der Waals surface area (Å²) in [5.74, 6) is 1.75. The van der Waals surface area contributed by atoms with Crippen LogP contribution in [0.3, 0.4) is 0 Å². The third-order valence-electron chi connectivity index (χ3n) is 3.36. The topological polar surface area (TPSA) is 39.7 Å². The molecule has 4 heteroatoms. The van der Waals surface area contributed by atoms with Crippen molar-refractivity contribution in [3.63, 3.8) is 0 Å². The molecule has 0 saturated carbocycles. The summed E-state index contributed by atoms with van der Waals surface area (Å²) in [6.45, 7) is 3.89. The molecule has 3 rings (SSSR count). The van der Waals surface area contributed by atoms with Crippen LogP contribution >= 0.6 is 0 Å². The van der Waals surface area contributed by atoms with E-state index in [1.807, 2.05) is 12.1 Å². The average Bonchev–Trinajstić information content (AvgIpc) is 2.92. The molecule has 1 atom stereocenters. The second-order valence-electron chi connectivity index (χ2n) is 4.71. The zero-order valence-corrected chi connectivity index (χ0v) is 10.5. The van der Waals surface area contributed by atoms with Gasteiger partial charge in [0.05, 0.1) is 6.10 Å². The summed E-state index contributed by atoms with van der Waals surface area (Å²) in [6, 6.07) is 6.05. The van der Waals surface area contributed by atoms with Gasteiger partial charge in [0.15, 0.2) is 11.5 Å². The molecule has 1 N–H and O–H groups in total. The van der Waals surface area contributed by atoms with Crippen LogP contribution in [0.5, 0.6) is 11.5 Å². The SMILES string of the molecule is c1cc(CNC[C@@H]2CCCO2)c2c(c1)OCCO2. The summed E-state index contributed by atoms with van der Waals surface area (Å²) >= 11 is 0. The van der Waals surface area contributed by atoms with Gasteiger partial charge in [-0.1, -0.05) is 12.1 Å². The van der Waals surface area contributed by atoms with Crippen LogP contribution in [0.15, 0.2) is 18.2 Å². The molecular formula is C14H19NO3. The summed E-state index contributed by atoms with van der Waals surface area (Å²) in [6.07, 6.45) is 2.73. The maximum atomic E-state index is 5.68. The van der Waals surface area contributed by atoms with Crippen LogP contribution in [0.25, 0.3) is 0 Å². The average molecular weight is 249 g/mol. The van der Waals surface area contributed by atoms with Crippen molar-refractivity contribution >= 4 is 0 Å². The number of hydrogen-bond donors (Lipinski definition) is 1. The van der Waals surface area contributed by atoms with E-state index in [1.165, 1.54) is 12.8 Å². The maximum Gasteiger partial charge on any atom is 0.165 e. The minimum absolute atomic E-state index is 0.377. The van der Waals surface area contributed by atoms with Crippen LogP contribution in [0.1, 0.15) is 18.4 Å². The van der Waals surface area contributed by atoms with Gasteiger partial charge in [-0.2, -0.15) is 0 Å². The van der Waals surface area contributed by atoms with E-state index in [0.717, 1.165) is 36.8 Å². The lowest BCUT2D eigenvalue weighted by Gasteiger charge is -2.21. The summed E-state index contributed by atoms with van der Waals surface area (Å²) < 4.78 is 16.8. The Morgan fingerprint density at radius 1 is 1.17 bits per heavy atom. The Morgan fingerprint density at radius 3 is 3.00 bits per heavy atom. The summed E-state index contributed by atoms with van der Waals surface area (Å²) in [4.78, 5) is 0. The largest absolute Gasteiger partial charge is 0.486 e. The minimum Gasteiger partial charge on any atom is -0.486 e. The van der Waals surface area contributed by atoms with Gasteiger partial charge in [0, 0.05) is 25.3 Å². The second-order valence-corrected chi connectivity index (χ2v) is 4.71. The van der Waals surface area contributed by atoms with Gasteiger partial charge in [0.25, 0.3) is 0 Å². The molecule has 2 aliphatic rings. The van der Waals surface area contributed by atoms with Crippen molar-refractivity contribution in [2.75, 3.05) is 26.4 Å². The van der Waals surface area contributed by atoms with Gasteiger partial charge in [-0.3, -0.25) is 0 Å². The monoisotopic (exact) mass is 249 g/mol. The minimum atomic E-state index is 0.377. The number of benzene rings is 1. The van der Waals surface area contributed by atoms with Gasteiger partial charge in [0.2, 0.25) is 0 Å². The normalized spacial score (nSPS) is 22.1. The molecule has 0 aliphatic carbocycles. The van der Waals surface area contributed by atoms with Crippen LogP contribution < -0.4 is 14.8 Å². The van der Waals surface area contributed by atoms with Crippen molar-refractivity contribution in [2.45, 2.75) is 25.5 Å². The third kappa shape index (κ3) is 2.60. The van der Waals surface area contributed by atoms with Crippen LogP contribution in [-0.4, -0.2) is 32.5 Å². The fourth-order valence-corrected chi connectivity index (χ4v) is 2.45. The molecule has 0 aromatic heterocycles. The summed E-state index contributed by atoms with van der Waals surface area (Å²) in [7, 11) is 0. The van der Waals surface area contributed by atoms with Gasteiger partial charge in [0.1, 0.15) is 13.2 Å². The van der Waals surface area contributed by atoms with Crippen LogP contribution in [0, 0.1) is 0 Å². The van der Waals surface area contributed by atoms with Crippen molar-refractivity contribution in [3.8, 4) is 11.5 Å². The smallest absolute Gasteiger partial charge is 0.165 e. The zero-order chi connectivity index (χ0) is 12.2. The summed E-state index contributed by atoms with van der Waals surface area (Å²) in [5.41, 5.74) is 1.16. The molecule has 0 spiro atoms. The molecule has 1 aromatic carbocycles. The Hall–Kier alpha value is -1.26. The van der Waals surface area contributed by atoms with E-state index in [9.17, 15) is 0 Å². The van der Waals surface area contributed by atoms with E-state index in [1.54, 1.807) is 0 Å². The predicted octanol–water partition coefficient (Wildman–Crippen LogP) is 1.73. The molecule has 18 heavy (non-hydrogen) atoms. The first-order chi connectivity index (χ1) is 8.93. The van der Waals surface area contributed by atoms with Gasteiger partial charge < -0.3 is 19.5 Å². The number of fused-ring (bicyclic) bond motifs is 1. The number of para-hydroxylation sites is 1. The molecule has 1 saturated heterocycles. The third-order valence-corrected chi connectivity index (χ3v) is 3.36. The number of ether oxygens (including phenoxy) is 3. The highest BCUT2D eigenvalue weighted by atomic mass is 16.6. The van der Waals surface area contributed by atoms with E-state index >= 15 is 0 Å². The summed E-state index contributed by atoms with van der Waals surface area (Å²) in [5, 5.41) is 3.43. The molecule has 98 valence electrons. The first-order valence-electron chi connectivity index (χ1n) is 6.63. The fraction of sp³-hybridized carbons (Fsp3) is 0.571. The van der Waals surface area contributed by atoms with E-state index in [2.05, 4.69) is 11.4 Å². The zero-order valence-electron chi connectivity index (χ0n) is 10.5. The van der Waals surface area contributed by atoms with Gasteiger partial charge >= 0.3 is 0 Å². The molecule has 1 aromatic rings. The van der Waals surface area contributed by atoms with Gasteiger partial charge in [-0.15, -0.1) is 0 Å². The molecule has 0 amide bonds. The molecule has 1 fully saturated rings. The van der Waals surface area contributed by atoms with E-state index in [0.29, 0.717) is 19.3 Å². The molecule has 0 bridgehead atoms. The van der Waals surface area contributed by atoms with Gasteiger partial charge in [-0.25, -0.2) is 0 Å². The maximum absolute atomic E-state index is 5.68. The number of hydrogen-bond acceptors (Lipinski definition) is 4. The Balaban J connectivity index is 1.58. The van der Waals surface area contributed by atoms with E-state index < -0.39 is 0 Å². The Labute approximate surface area is 107 Å². The van der Waals surface area contributed by atoms with Crippen molar-refractivity contribution in [3.05, 3.63) is 23.8 Å². The van der Waals surface area contributed by atoms with E-state index in [4.69, 9.17) is 14.2 Å². The lowest BCUT2D eigenvalue weighted by Crippen LogP contribution is -2.26. The number of rotatable bonds is 4. The first kappa shape index (κ1) is 11.8. The van der Waals surface area contributed by atoms with Crippen LogP contribution in [-0.2, 0) is 11.3 Å². The molecule has 4 nitrogen and oxygen atoms in total. The Morgan fingerprint density at radius 2 is 2.11 bits per heavy atom. The fourth-order valence-electron chi connectivity index (χ4n) is 2.45. The van der Waals surface area contributed by atoms with Crippen LogP contribution in [0.2, 0.25) is 0 Å².